The van der Waals surface area contributed by atoms with Crippen LogP contribution in [0, 0.1) is 24.2 Å². The van der Waals surface area contributed by atoms with Gasteiger partial charge < -0.3 is 31.5 Å². The van der Waals surface area contributed by atoms with E-state index in [1.54, 1.807) is 29.5 Å². The number of hydrogen-bond donors (Lipinski definition) is 5. The topological polar surface area (TPSA) is 205 Å². The molecule has 372 valence electrons. The quantitative estimate of drug-likeness (QED) is 0.0715. The van der Waals surface area contributed by atoms with Crippen molar-refractivity contribution in [2.75, 3.05) is 25.4 Å². The summed E-state index contributed by atoms with van der Waals surface area (Å²) in [4.78, 5) is 51.2. The maximum atomic E-state index is 14.3. The first-order valence-corrected chi connectivity index (χ1v) is 25.9. The van der Waals surface area contributed by atoms with Crippen molar-refractivity contribution >= 4 is 34.9 Å². The van der Waals surface area contributed by atoms with Crippen LogP contribution in [-0.4, -0.2) is 101 Å². The molecule has 3 fully saturated rings. The molecule has 16 heteroatoms. The number of anilines is 1. The Labute approximate surface area is 419 Å². The molecule has 3 amide bonds. The summed E-state index contributed by atoms with van der Waals surface area (Å²) in [5.41, 5.74) is 15.7. The summed E-state index contributed by atoms with van der Waals surface area (Å²) in [6, 6.07) is 24.2. The Morgan fingerprint density at radius 1 is 0.873 bits per heavy atom. The third kappa shape index (κ3) is 11.7. The Kier molecular flexibility index (Phi) is 15.0. The Bertz CT molecular complexity index is 2810. The number of nitrogens with zero attached hydrogens (tertiary/aromatic N) is 7. The monoisotopic (exact) mass is 978 g/mol. The minimum atomic E-state index is -0.858. The standard InChI is InChI=1S/C55H66N10O5S/c1-34-49(71-33-58-34)40-15-9-35(10-16-40)27-57-53(69)47-25-43(66)32-65(47)54(70)50(55(2,3)4)60-52(68)41-19-17-39(18-20-41)38-13-11-36(12-14-38)29-63-23-21-37(22-24-63)30-64-31-42(28-59-64)45-26-46(61-62-51(45)56)44-7-5-6-8-48(44)67/h5-16,26,28,31,33,37,39,41,43,47,50,66-67H,17-25,27,29-30,32H2,1-4H3,(H2,56,62)(H,57,69)(H,60,68)/t39-,41-,43-,47+,50-/m1/s1. The number of carbonyl (C=O) groups excluding carboxylic acids is 3. The van der Waals surface area contributed by atoms with Gasteiger partial charge in [0.2, 0.25) is 17.7 Å². The van der Waals surface area contributed by atoms with Crippen molar-refractivity contribution in [3.05, 3.63) is 119 Å². The van der Waals surface area contributed by atoms with E-state index in [1.165, 1.54) is 16.0 Å². The van der Waals surface area contributed by atoms with Gasteiger partial charge in [-0.25, -0.2) is 4.98 Å². The molecular weight excluding hydrogens is 913 g/mol. The number of thiazole rings is 1. The number of rotatable bonds is 14. The number of aromatic nitrogens is 5. The highest BCUT2D eigenvalue weighted by Crippen LogP contribution is 2.38. The molecule has 71 heavy (non-hydrogen) atoms. The number of nitrogen functional groups attached to an aromatic ring is 1. The minimum absolute atomic E-state index is 0.0359. The number of aryl methyl sites for hydroxylation is 1. The van der Waals surface area contributed by atoms with Gasteiger partial charge in [-0.3, -0.25) is 24.0 Å². The smallest absolute Gasteiger partial charge is 0.246 e. The molecule has 3 atom stereocenters. The van der Waals surface area contributed by atoms with Crippen LogP contribution in [0.3, 0.4) is 0 Å². The lowest BCUT2D eigenvalue weighted by Crippen LogP contribution is -2.58. The van der Waals surface area contributed by atoms with Crippen LogP contribution in [0.5, 0.6) is 5.75 Å². The van der Waals surface area contributed by atoms with Gasteiger partial charge in [-0.2, -0.15) is 5.10 Å². The summed E-state index contributed by atoms with van der Waals surface area (Å²) in [5, 5.41) is 40.2. The molecule has 0 unspecified atom stereocenters. The van der Waals surface area contributed by atoms with Gasteiger partial charge in [-0.15, -0.1) is 21.5 Å². The zero-order valence-corrected chi connectivity index (χ0v) is 41.9. The molecule has 2 aliphatic heterocycles. The average Bonchev–Trinajstić information content (AvgIpc) is 4.13. The van der Waals surface area contributed by atoms with Crippen LogP contribution in [0.2, 0.25) is 0 Å². The molecular formula is C55H66N10O5S. The first kappa shape index (κ1) is 49.5. The fraction of sp³-hybridized carbons (Fsp3) is 0.436. The second kappa shape index (κ2) is 21.5. The molecule has 6 aromatic rings. The number of nitrogens with two attached hydrogens (primary N) is 1. The minimum Gasteiger partial charge on any atom is -0.507 e. The summed E-state index contributed by atoms with van der Waals surface area (Å²) >= 11 is 1.59. The first-order valence-electron chi connectivity index (χ1n) is 25.0. The molecule has 0 bridgehead atoms. The highest BCUT2D eigenvalue weighted by atomic mass is 32.1. The molecule has 5 heterocycles. The number of aromatic hydroxyl groups is 1. The third-order valence-corrected chi connectivity index (χ3v) is 15.7. The van der Waals surface area contributed by atoms with Gasteiger partial charge in [0.1, 0.15) is 17.8 Å². The highest BCUT2D eigenvalue weighted by molar-refractivity contribution is 7.13. The molecule has 1 aliphatic carbocycles. The van der Waals surface area contributed by atoms with E-state index >= 15 is 0 Å². The largest absolute Gasteiger partial charge is 0.507 e. The van der Waals surface area contributed by atoms with Gasteiger partial charge in [-0.05, 0) is 116 Å². The van der Waals surface area contributed by atoms with Crippen LogP contribution in [0.1, 0.15) is 94.0 Å². The van der Waals surface area contributed by atoms with Crippen molar-refractivity contribution < 1.29 is 24.6 Å². The summed E-state index contributed by atoms with van der Waals surface area (Å²) in [7, 11) is 0. The van der Waals surface area contributed by atoms with Crippen LogP contribution in [0.15, 0.2) is 96.8 Å². The lowest BCUT2D eigenvalue weighted by atomic mass is 9.77. The average molecular weight is 979 g/mol. The van der Waals surface area contributed by atoms with E-state index in [9.17, 15) is 24.6 Å². The maximum Gasteiger partial charge on any atom is 0.246 e. The molecule has 3 aromatic carbocycles. The lowest BCUT2D eigenvalue weighted by molar-refractivity contribution is -0.144. The number of phenolic OH excluding ortho intramolecular Hbond substituents is 1. The van der Waals surface area contributed by atoms with E-state index in [4.69, 9.17) is 5.73 Å². The predicted molar refractivity (Wildman–Crippen MR) is 276 cm³/mol. The number of amides is 3. The van der Waals surface area contributed by atoms with E-state index < -0.39 is 23.6 Å². The third-order valence-electron chi connectivity index (χ3n) is 14.7. The van der Waals surface area contributed by atoms with Crippen molar-refractivity contribution in [1.29, 1.82) is 0 Å². The zero-order valence-electron chi connectivity index (χ0n) is 41.1. The second-order valence-electron chi connectivity index (χ2n) is 20.9. The SMILES string of the molecule is Cc1ncsc1-c1ccc(CNC(=O)[C@@H]2C[C@@H](O)CN2C(=O)[C@@H](NC(=O)[C@H]2CC[C@H](c3ccc(CN4CCC(Cn5cc(-c6cc(-c7ccccc7O)nnc6N)cn5)CC4)cc3)CC2)C(C)(C)C)cc1. The number of hydrogen-bond acceptors (Lipinski definition) is 12. The number of nitrogens with one attached hydrogen (secondary N) is 2. The number of β-amino-alcohol motifs (C(OH)–C–C–N with tert-alkyl or cyclic N) is 1. The van der Waals surface area contributed by atoms with E-state index in [-0.39, 0.29) is 48.9 Å². The maximum absolute atomic E-state index is 14.3. The van der Waals surface area contributed by atoms with E-state index in [2.05, 4.69) is 60.1 Å². The fourth-order valence-electron chi connectivity index (χ4n) is 10.5. The number of piperidine rings is 1. The summed E-state index contributed by atoms with van der Waals surface area (Å²) in [6.07, 6.45) is 8.52. The van der Waals surface area contributed by atoms with Crippen molar-refractivity contribution in [2.45, 2.75) is 116 Å². The predicted octanol–water partition coefficient (Wildman–Crippen LogP) is 7.72. The molecule has 6 N–H and O–H groups in total. The fourth-order valence-corrected chi connectivity index (χ4v) is 11.3. The summed E-state index contributed by atoms with van der Waals surface area (Å²) < 4.78 is 1.99. The van der Waals surface area contributed by atoms with Crippen molar-refractivity contribution in [3.8, 4) is 38.6 Å². The molecule has 15 nitrogen and oxygen atoms in total. The van der Waals surface area contributed by atoms with E-state index in [1.807, 2.05) is 86.7 Å². The van der Waals surface area contributed by atoms with E-state index in [0.717, 1.165) is 97.5 Å². The van der Waals surface area contributed by atoms with Gasteiger partial charge in [0.05, 0.1) is 34.1 Å². The van der Waals surface area contributed by atoms with Gasteiger partial charge in [0.15, 0.2) is 5.82 Å². The number of phenols is 1. The van der Waals surface area contributed by atoms with Crippen LogP contribution in [0.25, 0.3) is 32.8 Å². The Balaban J connectivity index is 0.720. The Hall–Kier alpha value is -6.49. The number of carbonyl (C=O) groups is 3. The van der Waals surface area contributed by atoms with Gasteiger partial charge in [-0.1, -0.05) is 81.4 Å². The lowest BCUT2D eigenvalue weighted by Gasteiger charge is -2.37. The number of para-hydroxylation sites is 1. The van der Waals surface area contributed by atoms with Gasteiger partial charge >= 0.3 is 0 Å². The van der Waals surface area contributed by atoms with Crippen molar-refractivity contribution in [2.24, 2.45) is 17.3 Å². The number of aliphatic hydroxyl groups is 1. The van der Waals surface area contributed by atoms with Crippen molar-refractivity contribution in [3.63, 3.8) is 0 Å². The Morgan fingerprint density at radius 2 is 1.59 bits per heavy atom. The van der Waals surface area contributed by atoms with Crippen molar-refractivity contribution in [1.82, 2.24) is 45.4 Å². The normalized spacial score (nSPS) is 20.4. The molecule has 3 aromatic heterocycles. The number of benzene rings is 3. The Morgan fingerprint density at radius 3 is 2.28 bits per heavy atom. The molecule has 0 spiro atoms. The highest BCUT2D eigenvalue weighted by Gasteiger charge is 2.45. The van der Waals surface area contributed by atoms with Gasteiger partial charge in [0, 0.05) is 61.4 Å². The molecule has 3 aliphatic rings. The number of likely N-dealkylation sites (tertiary alicyclic amines) is 2. The van der Waals surface area contributed by atoms with Crippen LogP contribution in [0.4, 0.5) is 5.82 Å². The molecule has 1 saturated carbocycles. The first-order chi connectivity index (χ1) is 34.2. The zero-order chi connectivity index (χ0) is 49.8. The summed E-state index contributed by atoms with van der Waals surface area (Å²) in [6.45, 7) is 11.8. The van der Waals surface area contributed by atoms with Crippen LogP contribution in [-0.2, 0) is 34.0 Å². The number of aliphatic hydroxyl groups excluding tert-OH is 1. The van der Waals surface area contributed by atoms with E-state index in [0.29, 0.717) is 28.9 Å². The molecule has 9 rings (SSSR count). The molecule has 2 saturated heterocycles. The van der Waals surface area contributed by atoms with Gasteiger partial charge in [0.25, 0.3) is 0 Å². The molecule has 0 radical (unpaired) electrons. The van der Waals surface area contributed by atoms with Crippen LogP contribution >= 0.6 is 11.3 Å². The van der Waals surface area contributed by atoms with Crippen LogP contribution < -0.4 is 16.4 Å². The summed E-state index contributed by atoms with van der Waals surface area (Å²) in [5.74, 6) is 0.316. The second-order valence-corrected chi connectivity index (χ2v) is 21.7.